The zero-order valence-corrected chi connectivity index (χ0v) is 14.4. The molecule has 1 aromatic carbocycles. The molecule has 3 rings (SSSR count). The third kappa shape index (κ3) is 3.62. The van der Waals surface area contributed by atoms with Crippen LogP contribution in [0, 0.1) is 0 Å². The maximum atomic E-state index is 12.1. The quantitative estimate of drug-likeness (QED) is 0.820. The van der Waals surface area contributed by atoms with Crippen LogP contribution in [-0.2, 0) is 4.79 Å². The number of rotatable bonds is 5. The van der Waals surface area contributed by atoms with Crippen molar-refractivity contribution in [3.63, 3.8) is 0 Å². The van der Waals surface area contributed by atoms with Crippen LogP contribution in [0.15, 0.2) is 18.2 Å². The fourth-order valence-electron chi connectivity index (χ4n) is 2.60. The summed E-state index contributed by atoms with van der Waals surface area (Å²) in [7, 11) is 4.10. The molecule has 22 heavy (non-hydrogen) atoms. The number of amides is 1. The number of carbonyl (C=O) groups is 1. The molecule has 5 nitrogen and oxygen atoms in total. The number of benzene rings is 1. The SMILES string of the molecule is CN(C)CCCN1C(=O)CSC1c1ccc2c(c1)OCO2.Cl. The molecule has 2 aliphatic heterocycles. The molecule has 0 N–H and O–H groups in total. The Morgan fingerprint density at radius 2 is 2.09 bits per heavy atom. The van der Waals surface area contributed by atoms with Crippen LogP contribution in [0.3, 0.4) is 0 Å². The minimum atomic E-state index is 0. The lowest BCUT2D eigenvalue weighted by atomic mass is 10.1. The Bertz CT molecular complexity index is 542. The van der Waals surface area contributed by atoms with E-state index in [-0.39, 0.29) is 30.5 Å². The first-order chi connectivity index (χ1) is 10.1. The van der Waals surface area contributed by atoms with Gasteiger partial charge in [0.2, 0.25) is 12.7 Å². The third-order valence-electron chi connectivity index (χ3n) is 3.65. The van der Waals surface area contributed by atoms with E-state index in [1.165, 1.54) is 0 Å². The van der Waals surface area contributed by atoms with E-state index in [0.29, 0.717) is 5.75 Å². The summed E-state index contributed by atoms with van der Waals surface area (Å²) in [6.07, 6.45) is 0.986. The van der Waals surface area contributed by atoms with E-state index in [1.54, 1.807) is 11.8 Å². The Morgan fingerprint density at radius 1 is 1.32 bits per heavy atom. The molecule has 1 aromatic rings. The van der Waals surface area contributed by atoms with Crippen LogP contribution in [0.4, 0.5) is 0 Å². The summed E-state index contributed by atoms with van der Waals surface area (Å²) in [4.78, 5) is 16.2. The standard InChI is InChI=1S/C15H20N2O3S.ClH/c1-16(2)6-3-7-17-14(18)9-21-15(17)11-4-5-12-13(8-11)20-10-19-12;/h4-5,8,15H,3,6-7,9-10H2,1-2H3;1H. The Morgan fingerprint density at radius 3 is 2.86 bits per heavy atom. The number of nitrogens with zero attached hydrogens (tertiary/aromatic N) is 2. The Hall–Kier alpha value is -1.11. The maximum absolute atomic E-state index is 12.1. The molecule has 7 heteroatoms. The van der Waals surface area contributed by atoms with Crippen molar-refractivity contribution in [2.75, 3.05) is 39.7 Å². The van der Waals surface area contributed by atoms with E-state index in [4.69, 9.17) is 9.47 Å². The number of thioether (sulfide) groups is 1. The fraction of sp³-hybridized carbons (Fsp3) is 0.533. The van der Waals surface area contributed by atoms with Crippen molar-refractivity contribution < 1.29 is 14.3 Å². The van der Waals surface area contributed by atoms with Gasteiger partial charge in [-0.1, -0.05) is 6.07 Å². The molecule has 1 atom stereocenters. The van der Waals surface area contributed by atoms with Gasteiger partial charge in [0.05, 0.1) is 5.75 Å². The van der Waals surface area contributed by atoms with Gasteiger partial charge in [-0.05, 0) is 44.8 Å². The summed E-state index contributed by atoms with van der Waals surface area (Å²) in [5.74, 6) is 2.34. The zero-order valence-electron chi connectivity index (χ0n) is 12.8. The minimum absolute atomic E-state index is 0. The Kier molecular flexibility index (Phi) is 5.83. The van der Waals surface area contributed by atoms with Crippen LogP contribution in [0.5, 0.6) is 11.5 Å². The van der Waals surface area contributed by atoms with Gasteiger partial charge in [0, 0.05) is 6.54 Å². The average molecular weight is 345 g/mol. The number of ether oxygens (including phenoxy) is 2. The Labute approximate surface area is 141 Å². The van der Waals surface area contributed by atoms with Crippen molar-refractivity contribution >= 4 is 30.1 Å². The topological polar surface area (TPSA) is 42.0 Å². The first-order valence-electron chi connectivity index (χ1n) is 7.10. The van der Waals surface area contributed by atoms with Crippen LogP contribution in [0.25, 0.3) is 0 Å². The second-order valence-electron chi connectivity index (χ2n) is 5.52. The molecule has 122 valence electrons. The fourth-order valence-corrected chi connectivity index (χ4v) is 3.80. The van der Waals surface area contributed by atoms with Crippen LogP contribution < -0.4 is 9.47 Å². The van der Waals surface area contributed by atoms with Gasteiger partial charge in [0.25, 0.3) is 0 Å². The minimum Gasteiger partial charge on any atom is -0.454 e. The maximum Gasteiger partial charge on any atom is 0.233 e. The summed E-state index contributed by atoms with van der Waals surface area (Å²) in [5.41, 5.74) is 1.11. The molecule has 2 heterocycles. The van der Waals surface area contributed by atoms with E-state index >= 15 is 0 Å². The van der Waals surface area contributed by atoms with Crippen molar-refractivity contribution in [3.8, 4) is 11.5 Å². The molecular formula is C15H21ClN2O3S. The molecule has 1 unspecified atom stereocenters. The van der Waals surface area contributed by atoms with Gasteiger partial charge >= 0.3 is 0 Å². The van der Waals surface area contributed by atoms with Crippen LogP contribution in [0.2, 0.25) is 0 Å². The normalized spacial score (nSPS) is 19.7. The molecule has 0 bridgehead atoms. The van der Waals surface area contributed by atoms with Gasteiger partial charge in [0.1, 0.15) is 5.37 Å². The lowest BCUT2D eigenvalue weighted by Gasteiger charge is -2.25. The zero-order chi connectivity index (χ0) is 14.8. The largest absolute Gasteiger partial charge is 0.454 e. The predicted molar refractivity (Wildman–Crippen MR) is 89.9 cm³/mol. The smallest absolute Gasteiger partial charge is 0.233 e. The van der Waals surface area contributed by atoms with Crippen LogP contribution in [-0.4, -0.2) is 55.4 Å². The number of fused-ring (bicyclic) bond motifs is 1. The monoisotopic (exact) mass is 344 g/mol. The highest BCUT2D eigenvalue weighted by Gasteiger charge is 2.33. The first-order valence-corrected chi connectivity index (χ1v) is 8.15. The average Bonchev–Trinajstić information content (AvgIpc) is 3.05. The molecule has 0 radical (unpaired) electrons. The molecule has 1 fully saturated rings. The van der Waals surface area contributed by atoms with Gasteiger partial charge in [-0.2, -0.15) is 0 Å². The van der Waals surface area contributed by atoms with Gasteiger partial charge in [-0.25, -0.2) is 0 Å². The summed E-state index contributed by atoms with van der Waals surface area (Å²) >= 11 is 1.68. The summed E-state index contributed by atoms with van der Waals surface area (Å²) in [6, 6.07) is 5.96. The lowest BCUT2D eigenvalue weighted by molar-refractivity contribution is -0.128. The van der Waals surface area contributed by atoms with Crippen molar-refractivity contribution in [2.45, 2.75) is 11.8 Å². The van der Waals surface area contributed by atoms with Crippen molar-refractivity contribution in [1.82, 2.24) is 9.80 Å². The van der Waals surface area contributed by atoms with Gasteiger partial charge in [0.15, 0.2) is 11.5 Å². The number of hydrogen-bond acceptors (Lipinski definition) is 5. The highest BCUT2D eigenvalue weighted by molar-refractivity contribution is 8.00. The van der Waals surface area contributed by atoms with Crippen molar-refractivity contribution in [2.24, 2.45) is 0 Å². The second-order valence-corrected chi connectivity index (χ2v) is 6.59. The van der Waals surface area contributed by atoms with Crippen LogP contribution >= 0.6 is 24.2 Å². The second kappa shape index (κ2) is 7.44. The van der Waals surface area contributed by atoms with E-state index in [2.05, 4.69) is 19.0 Å². The van der Waals surface area contributed by atoms with E-state index in [0.717, 1.165) is 36.6 Å². The molecule has 0 aromatic heterocycles. The highest BCUT2D eigenvalue weighted by atomic mass is 35.5. The molecule has 0 spiro atoms. The lowest BCUT2D eigenvalue weighted by Crippen LogP contribution is -2.31. The Balaban J connectivity index is 0.00000176. The molecule has 2 aliphatic rings. The molecule has 1 saturated heterocycles. The molecule has 1 amide bonds. The van der Waals surface area contributed by atoms with E-state index in [9.17, 15) is 4.79 Å². The predicted octanol–water partition coefficient (Wildman–Crippen LogP) is 2.36. The molecule has 0 aliphatic carbocycles. The summed E-state index contributed by atoms with van der Waals surface area (Å²) in [6.45, 7) is 2.06. The third-order valence-corrected chi connectivity index (χ3v) is 4.91. The van der Waals surface area contributed by atoms with Gasteiger partial charge in [-0.15, -0.1) is 24.2 Å². The number of hydrogen-bond donors (Lipinski definition) is 0. The van der Waals surface area contributed by atoms with E-state index < -0.39 is 0 Å². The van der Waals surface area contributed by atoms with Crippen LogP contribution in [0.1, 0.15) is 17.4 Å². The van der Waals surface area contributed by atoms with Gasteiger partial charge < -0.3 is 19.3 Å². The molecular weight excluding hydrogens is 324 g/mol. The van der Waals surface area contributed by atoms with Gasteiger partial charge in [-0.3, -0.25) is 4.79 Å². The summed E-state index contributed by atoms with van der Waals surface area (Å²) < 4.78 is 10.8. The number of halogens is 1. The molecule has 0 saturated carbocycles. The van der Waals surface area contributed by atoms with Crippen molar-refractivity contribution in [1.29, 1.82) is 0 Å². The summed E-state index contributed by atoms with van der Waals surface area (Å²) in [5, 5.41) is 0.0918. The van der Waals surface area contributed by atoms with E-state index in [1.807, 2.05) is 23.1 Å². The first kappa shape index (κ1) is 17.2. The highest BCUT2D eigenvalue weighted by Crippen LogP contribution is 2.42. The number of carbonyl (C=O) groups excluding carboxylic acids is 1. The van der Waals surface area contributed by atoms with Crippen molar-refractivity contribution in [3.05, 3.63) is 23.8 Å².